The van der Waals surface area contributed by atoms with Crippen LogP contribution in [0.2, 0.25) is 0 Å². The number of ether oxygens (including phenoxy) is 2. The first kappa shape index (κ1) is 34.8. The smallest absolute Gasteiger partial charge is 0.127 e. The van der Waals surface area contributed by atoms with E-state index in [1.54, 1.807) is 0 Å². The Morgan fingerprint density at radius 2 is 0.900 bits per heavy atom. The van der Waals surface area contributed by atoms with Crippen molar-refractivity contribution >= 4 is 33.2 Å². The lowest BCUT2D eigenvalue weighted by molar-refractivity contribution is 0.125. The van der Waals surface area contributed by atoms with Gasteiger partial charge < -0.3 is 30.3 Å². The third-order valence-electron chi connectivity index (χ3n) is 11.4. The molecule has 268 valence electrons. The van der Waals surface area contributed by atoms with Gasteiger partial charge in [-0.25, -0.2) is 9.97 Å². The molecule has 4 aliphatic carbocycles. The van der Waals surface area contributed by atoms with Crippen LogP contribution in [0.3, 0.4) is 0 Å². The predicted octanol–water partition coefficient (Wildman–Crippen LogP) is 9.16. The van der Waals surface area contributed by atoms with Crippen molar-refractivity contribution in [3.8, 4) is 11.5 Å². The fourth-order valence-electron chi connectivity index (χ4n) is 8.30. The zero-order valence-corrected chi connectivity index (χ0v) is 30.0. The number of aromatic nitrogens is 2. The predicted molar refractivity (Wildman–Crippen MR) is 202 cm³/mol. The summed E-state index contributed by atoms with van der Waals surface area (Å²) in [6, 6.07) is 13.5. The molecule has 2 heterocycles. The number of nitrogens with zero attached hydrogens (tertiary/aromatic N) is 2. The van der Waals surface area contributed by atoms with Crippen LogP contribution in [0.4, 0.5) is 11.6 Å². The first-order valence-electron chi connectivity index (χ1n) is 19.4. The summed E-state index contributed by atoms with van der Waals surface area (Å²) in [5, 5.41) is 31.1. The second-order valence-electron chi connectivity index (χ2n) is 15.3. The van der Waals surface area contributed by atoms with E-state index in [1.807, 2.05) is 12.4 Å². The van der Waals surface area contributed by atoms with Gasteiger partial charge in [0, 0.05) is 46.0 Å². The lowest BCUT2D eigenvalue weighted by Gasteiger charge is -2.26. The third kappa shape index (κ3) is 8.63. The van der Waals surface area contributed by atoms with Crippen molar-refractivity contribution in [2.24, 2.45) is 0 Å². The van der Waals surface area contributed by atoms with E-state index in [-0.39, 0.29) is 12.2 Å². The van der Waals surface area contributed by atoms with Gasteiger partial charge in [0.05, 0.1) is 24.4 Å². The van der Waals surface area contributed by atoms with Gasteiger partial charge in [0.15, 0.2) is 0 Å². The minimum absolute atomic E-state index is 0.128. The SMILES string of the molecule is Cc1ccc(OC2CCCC2)c2cc(NC3CCC(O)CC3)ncc12.Cc1ccc(OC2CCCC2)c2cc(NC3CCC(O)CC3)ncc12. The molecular formula is C42H56N4O4. The number of hydrogen-bond donors (Lipinski definition) is 4. The van der Waals surface area contributed by atoms with Gasteiger partial charge in [-0.15, -0.1) is 0 Å². The van der Waals surface area contributed by atoms with Crippen molar-refractivity contribution in [3.63, 3.8) is 0 Å². The maximum absolute atomic E-state index is 9.68. The standard InChI is InChI=1S/2C21H28N2O2/c2*1-14-6-11-20(25-17-4-2-3-5-17)18-12-21(22-13-19(14)18)23-15-7-9-16(24)10-8-15/h2*6,11-13,15-17,24H,2-5,7-10H2,1H3,(H,22,23). The monoisotopic (exact) mass is 680 g/mol. The normalized spacial score (nSPS) is 24.6. The van der Waals surface area contributed by atoms with E-state index >= 15 is 0 Å². The Kier molecular flexibility index (Phi) is 11.2. The summed E-state index contributed by atoms with van der Waals surface area (Å²) in [5.41, 5.74) is 2.46. The molecule has 2 aromatic carbocycles. The Hall–Kier alpha value is -3.62. The Balaban J connectivity index is 0.000000157. The molecule has 0 unspecified atom stereocenters. The van der Waals surface area contributed by atoms with Crippen molar-refractivity contribution in [3.05, 3.63) is 59.9 Å². The minimum atomic E-state index is -0.128. The molecule has 2 aromatic heterocycles. The molecular weight excluding hydrogens is 624 g/mol. The molecule has 8 rings (SSSR count). The largest absolute Gasteiger partial charge is 0.490 e. The zero-order chi connectivity index (χ0) is 34.5. The first-order chi connectivity index (χ1) is 24.4. The molecule has 0 atom stereocenters. The van der Waals surface area contributed by atoms with Gasteiger partial charge in [0.25, 0.3) is 0 Å². The number of benzene rings is 2. The quantitative estimate of drug-likeness (QED) is 0.146. The summed E-state index contributed by atoms with van der Waals surface area (Å²) in [4.78, 5) is 9.25. The van der Waals surface area contributed by atoms with Crippen molar-refractivity contribution < 1.29 is 19.7 Å². The second-order valence-corrected chi connectivity index (χ2v) is 15.3. The molecule has 0 saturated heterocycles. The van der Waals surface area contributed by atoms with Crippen molar-refractivity contribution in [1.29, 1.82) is 0 Å². The molecule has 8 heteroatoms. The van der Waals surface area contributed by atoms with Gasteiger partial charge in [0.1, 0.15) is 23.1 Å². The summed E-state index contributed by atoms with van der Waals surface area (Å²) < 4.78 is 12.6. The van der Waals surface area contributed by atoms with E-state index in [1.165, 1.54) is 47.6 Å². The van der Waals surface area contributed by atoms with Crippen molar-refractivity contribution in [1.82, 2.24) is 9.97 Å². The number of aliphatic hydroxyl groups excluding tert-OH is 2. The average molecular weight is 681 g/mol. The van der Waals surface area contributed by atoms with E-state index in [2.05, 4.69) is 70.8 Å². The topological polar surface area (TPSA) is 109 Å². The van der Waals surface area contributed by atoms with E-state index in [0.29, 0.717) is 24.3 Å². The van der Waals surface area contributed by atoms with Crippen LogP contribution in [0, 0.1) is 13.8 Å². The van der Waals surface area contributed by atoms with E-state index < -0.39 is 0 Å². The fourth-order valence-corrected chi connectivity index (χ4v) is 8.30. The molecule has 4 saturated carbocycles. The molecule has 0 bridgehead atoms. The molecule has 4 aliphatic rings. The van der Waals surface area contributed by atoms with Crippen molar-refractivity contribution in [2.45, 2.75) is 153 Å². The maximum atomic E-state index is 9.68. The Morgan fingerprint density at radius 3 is 1.28 bits per heavy atom. The third-order valence-corrected chi connectivity index (χ3v) is 11.4. The highest BCUT2D eigenvalue weighted by Crippen LogP contribution is 2.35. The van der Waals surface area contributed by atoms with Gasteiger partial charge >= 0.3 is 0 Å². The number of nitrogens with one attached hydrogen (secondary N) is 2. The molecule has 8 nitrogen and oxygen atoms in total. The summed E-state index contributed by atoms with van der Waals surface area (Å²) >= 11 is 0. The highest BCUT2D eigenvalue weighted by atomic mass is 16.5. The van der Waals surface area contributed by atoms with Gasteiger partial charge in [-0.2, -0.15) is 0 Å². The minimum Gasteiger partial charge on any atom is -0.490 e. The van der Waals surface area contributed by atoms with Crippen molar-refractivity contribution in [2.75, 3.05) is 10.6 Å². The van der Waals surface area contributed by atoms with Crippen LogP contribution in [-0.2, 0) is 0 Å². The van der Waals surface area contributed by atoms with Gasteiger partial charge in [-0.05, 0) is 152 Å². The lowest BCUT2D eigenvalue weighted by Crippen LogP contribution is -2.28. The highest BCUT2D eigenvalue weighted by molar-refractivity contribution is 5.93. The number of aryl methyl sites for hydroxylation is 2. The van der Waals surface area contributed by atoms with Gasteiger partial charge in [-0.3, -0.25) is 0 Å². The van der Waals surface area contributed by atoms with Crippen LogP contribution in [0.5, 0.6) is 11.5 Å². The average Bonchev–Trinajstić information content (AvgIpc) is 3.85. The summed E-state index contributed by atoms with van der Waals surface area (Å²) in [7, 11) is 0. The molecule has 0 radical (unpaired) electrons. The van der Waals surface area contributed by atoms with Crippen LogP contribution in [0.1, 0.15) is 114 Å². The lowest BCUT2D eigenvalue weighted by atomic mass is 9.93. The van der Waals surface area contributed by atoms with Crippen LogP contribution in [0.25, 0.3) is 21.5 Å². The van der Waals surface area contributed by atoms with Gasteiger partial charge in [-0.1, -0.05) is 12.1 Å². The molecule has 4 fully saturated rings. The summed E-state index contributed by atoms with van der Waals surface area (Å²) in [6.07, 6.45) is 21.6. The number of aliphatic hydroxyl groups is 2. The van der Waals surface area contributed by atoms with E-state index in [4.69, 9.17) is 9.47 Å². The molecule has 0 spiro atoms. The number of anilines is 2. The summed E-state index contributed by atoms with van der Waals surface area (Å²) in [6.45, 7) is 4.25. The molecule has 50 heavy (non-hydrogen) atoms. The Bertz CT molecular complexity index is 1590. The Morgan fingerprint density at radius 1 is 0.520 bits per heavy atom. The van der Waals surface area contributed by atoms with E-state index in [9.17, 15) is 10.2 Å². The van der Waals surface area contributed by atoms with Crippen LogP contribution >= 0.6 is 0 Å². The molecule has 0 amide bonds. The van der Waals surface area contributed by atoms with Crippen LogP contribution < -0.4 is 20.1 Å². The fraction of sp³-hybridized carbons (Fsp3) is 0.571. The molecule has 4 aromatic rings. The van der Waals surface area contributed by atoms with Crippen LogP contribution in [-0.4, -0.2) is 56.7 Å². The zero-order valence-electron chi connectivity index (χ0n) is 30.0. The van der Waals surface area contributed by atoms with E-state index in [0.717, 1.165) is 111 Å². The number of pyridine rings is 2. The highest BCUT2D eigenvalue weighted by Gasteiger charge is 2.23. The van der Waals surface area contributed by atoms with Gasteiger partial charge in [0.2, 0.25) is 0 Å². The molecule has 4 N–H and O–H groups in total. The van der Waals surface area contributed by atoms with Crippen LogP contribution in [0.15, 0.2) is 48.8 Å². The molecule has 0 aliphatic heterocycles. The second kappa shape index (κ2) is 16.2. The summed E-state index contributed by atoms with van der Waals surface area (Å²) in [5.74, 6) is 3.79. The number of fused-ring (bicyclic) bond motifs is 2. The Labute approximate surface area is 297 Å². The first-order valence-corrected chi connectivity index (χ1v) is 19.4. The number of hydrogen-bond acceptors (Lipinski definition) is 8. The maximum Gasteiger partial charge on any atom is 0.127 e. The number of rotatable bonds is 8.